The van der Waals surface area contributed by atoms with Crippen molar-refractivity contribution in [1.29, 1.82) is 0 Å². The first-order chi connectivity index (χ1) is 11.4. The number of fused-ring (bicyclic) bond motifs is 3. The van der Waals surface area contributed by atoms with Gasteiger partial charge in [-0.15, -0.1) is 0 Å². The molecule has 2 aromatic rings. The molecule has 0 spiro atoms. The third kappa shape index (κ3) is 2.00. The summed E-state index contributed by atoms with van der Waals surface area (Å²) in [6.07, 6.45) is 2.80. The molecule has 24 heavy (non-hydrogen) atoms. The van der Waals surface area contributed by atoms with E-state index in [0.717, 1.165) is 28.6 Å². The summed E-state index contributed by atoms with van der Waals surface area (Å²) in [5.41, 5.74) is 2.03. The van der Waals surface area contributed by atoms with E-state index in [1.165, 1.54) is 6.92 Å². The molecule has 2 N–H and O–H groups in total. The summed E-state index contributed by atoms with van der Waals surface area (Å²) in [4.78, 5) is 29.4. The van der Waals surface area contributed by atoms with E-state index < -0.39 is 17.4 Å². The second-order valence-electron chi connectivity index (χ2n) is 6.89. The predicted octanol–water partition coefficient (Wildman–Crippen LogP) is 3.52. The smallest absolute Gasteiger partial charge is 0.312 e. The van der Waals surface area contributed by atoms with E-state index in [9.17, 15) is 14.7 Å². The van der Waals surface area contributed by atoms with Gasteiger partial charge in [-0.3, -0.25) is 9.59 Å². The van der Waals surface area contributed by atoms with E-state index >= 15 is 0 Å². The van der Waals surface area contributed by atoms with Crippen LogP contribution in [0, 0.1) is 5.41 Å². The Hall–Kier alpha value is -2.01. The standard InChI is InChI=1S/C18H19ClN2O3/c1-10(22)21-8-5-12-13-9-11(19)3-4-14(13)20-15(12)16(21)18(17(23)24)6-2-7-18/h3-4,9,16,20H,2,5-8H2,1H3,(H,23,24). The molecule has 1 aliphatic carbocycles. The average molecular weight is 347 g/mol. The van der Waals surface area contributed by atoms with E-state index in [4.69, 9.17) is 11.6 Å². The zero-order valence-corrected chi connectivity index (χ0v) is 14.2. The molecule has 5 nitrogen and oxygen atoms in total. The maximum atomic E-state index is 12.2. The van der Waals surface area contributed by atoms with Crippen LogP contribution >= 0.6 is 11.6 Å². The molecule has 0 bridgehead atoms. The summed E-state index contributed by atoms with van der Waals surface area (Å²) in [5, 5.41) is 11.6. The van der Waals surface area contributed by atoms with Gasteiger partial charge in [0.2, 0.25) is 5.91 Å². The number of aliphatic carboxylic acids is 1. The molecule has 126 valence electrons. The number of aromatic amines is 1. The highest BCUT2D eigenvalue weighted by atomic mass is 35.5. The number of hydrogen-bond acceptors (Lipinski definition) is 2. The Morgan fingerprint density at radius 3 is 2.71 bits per heavy atom. The number of hydrogen-bond donors (Lipinski definition) is 2. The van der Waals surface area contributed by atoms with Gasteiger partial charge in [-0.25, -0.2) is 0 Å². The van der Waals surface area contributed by atoms with Crippen molar-refractivity contribution in [3.63, 3.8) is 0 Å². The van der Waals surface area contributed by atoms with Gasteiger partial charge in [-0.2, -0.15) is 0 Å². The fourth-order valence-corrected chi connectivity index (χ4v) is 4.51. The number of halogens is 1. The van der Waals surface area contributed by atoms with Gasteiger partial charge in [-0.1, -0.05) is 18.0 Å². The maximum Gasteiger partial charge on any atom is 0.312 e. The number of benzene rings is 1. The van der Waals surface area contributed by atoms with Crippen LogP contribution in [0.15, 0.2) is 18.2 Å². The fraction of sp³-hybridized carbons (Fsp3) is 0.444. The highest BCUT2D eigenvalue weighted by Gasteiger charge is 2.56. The van der Waals surface area contributed by atoms with Crippen LogP contribution in [0.3, 0.4) is 0 Å². The van der Waals surface area contributed by atoms with E-state index in [1.807, 2.05) is 18.2 Å². The third-order valence-corrected chi connectivity index (χ3v) is 5.92. The molecule has 1 amide bonds. The maximum absolute atomic E-state index is 12.2. The van der Waals surface area contributed by atoms with Crippen LogP contribution in [-0.2, 0) is 16.0 Å². The number of aromatic nitrogens is 1. The van der Waals surface area contributed by atoms with E-state index in [1.54, 1.807) is 4.90 Å². The van der Waals surface area contributed by atoms with E-state index in [-0.39, 0.29) is 5.91 Å². The van der Waals surface area contributed by atoms with Crippen LogP contribution in [0.5, 0.6) is 0 Å². The van der Waals surface area contributed by atoms with Gasteiger partial charge >= 0.3 is 5.97 Å². The first kappa shape index (κ1) is 15.5. The average Bonchev–Trinajstić information content (AvgIpc) is 2.83. The van der Waals surface area contributed by atoms with Gasteiger partial charge in [0.25, 0.3) is 0 Å². The van der Waals surface area contributed by atoms with Crippen molar-refractivity contribution in [2.45, 2.75) is 38.6 Å². The molecule has 6 heteroatoms. The lowest BCUT2D eigenvalue weighted by Gasteiger charge is -2.50. The summed E-state index contributed by atoms with van der Waals surface area (Å²) >= 11 is 6.14. The SMILES string of the molecule is CC(=O)N1CCc2c([nH]c3ccc(Cl)cc23)C1C1(C(=O)O)CCC1. The molecular formula is C18H19ClN2O3. The molecule has 1 unspecified atom stereocenters. The molecule has 1 aromatic heterocycles. The van der Waals surface area contributed by atoms with Crippen LogP contribution in [0.25, 0.3) is 10.9 Å². The van der Waals surface area contributed by atoms with E-state index in [0.29, 0.717) is 30.8 Å². The Labute approximate surface area is 144 Å². The zero-order valence-electron chi connectivity index (χ0n) is 13.4. The lowest BCUT2D eigenvalue weighted by Crippen LogP contribution is -2.53. The minimum atomic E-state index is -0.883. The lowest BCUT2D eigenvalue weighted by molar-refractivity contribution is -0.165. The monoisotopic (exact) mass is 346 g/mol. The Kier molecular flexibility index (Phi) is 3.39. The van der Waals surface area contributed by atoms with Crippen molar-refractivity contribution in [3.8, 4) is 0 Å². The Morgan fingerprint density at radius 2 is 2.12 bits per heavy atom. The fourth-order valence-electron chi connectivity index (χ4n) is 4.34. The largest absolute Gasteiger partial charge is 0.481 e. The van der Waals surface area contributed by atoms with Gasteiger partial charge in [0.1, 0.15) is 0 Å². The highest BCUT2D eigenvalue weighted by molar-refractivity contribution is 6.31. The number of carboxylic acid groups (broad SMARTS) is 1. The number of carbonyl (C=O) groups excluding carboxylic acids is 1. The first-order valence-electron chi connectivity index (χ1n) is 8.24. The molecule has 0 saturated heterocycles. The predicted molar refractivity (Wildman–Crippen MR) is 91.1 cm³/mol. The van der Waals surface area contributed by atoms with Crippen molar-refractivity contribution in [3.05, 3.63) is 34.5 Å². The van der Waals surface area contributed by atoms with Crippen molar-refractivity contribution < 1.29 is 14.7 Å². The minimum absolute atomic E-state index is 0.0742. The van der Waals surface area contributed by atoms with Crippen molar-refractivity contribution in [1.82, 2.24) is 9.88 Å². The van der Waals surface area contributed by atoms with Crippen molar-refractivity contribution in [2.24, 2.45) is 5.41 Å². The van der Waals surface area contributed by atoms with Crippen LogP contribution in [0.1, 0.15) is 43.5 Å². The Bertz CT molecular complexity index is 853. The van der Waals surface area contributed by atoms with E-state index in [2.05, 4.69) is 4.98 Å². The molecule has 4 rings (SSSR count). The van der Waals surface area contributed by atoms with Crippen LogP contribution in [0.4, 0.5) is 0 Å². The van der Waals surface area contributed by atoms with Crippen molar-refractivity contribution in [2.75, 3.05) is 6.54 Å². The molecule has 1 aliphatic heterocycles. The van der Waals surface area contributed by atoms with Crippen LogP contribution < -0.4 is 0 Å². The number of nitrogens with one attached hydrogen (secondary N) is 1. The zero-order chi connectivity index (χ0) is 17.1. The quantitative estimate of drug-likeness (QED) is 0.873. The summed E-state index contributed by atoms with van der Waals surface area (Å²) in [5.74, 6) is -0.885. The molecule has 1 atom stereocenters. The molecule has 1 fully saturated rings. The summed E-state index contributed by atoms with van der Waals surface area (Å²) in [6.45, 7) is 2.06. The second-order valence-corrected chi connectivity index (χ2v) is 7.32. The second kappa shape index (κ2) is 5.24. The minimum Gasteiger partial charge on any atom is -0.481 e. The molecule has 2 heterocycles. The number of H-pyrrole nitrogens is 1. The Balaban J connectivity index is 1.94. The number of carboxylic acids is 1. The lowest BCUT2D eigenvalue weighted by atomic mass is 9.61. The highest BCUT2D eigenvalue weighted by Crippen LogP contribution is 2.55. The molecule has 2 aliphatic rings. The number of carbonyl (C=O) groups is 2. The van der Waals surface area contributed by atoms with Gasteiger partial charge in [0, 0.05) is 35.1 Å². The summed E-state index contributed by atoms with van der Waals surface area (Å²) in [6, 6.07) is 5.22. The summed E-state index contributed by atoms with van der Waals surface area (Å²) in [7, 11) is 0. The normalized spacial score (nSPS) is 22.1. The topological polar surface area (TPSA) is 73.4 Å². The number of amides is 1. The molecule has 1 saturated carbocycles. The number of nitrogens with zero attached hydrogens (tertiary/aromatic N) is 1. The third-order valence-electron chi connectivity index (χ3n) is 5.69. The van der Waals surface area contributed by atoms with Crippen molar-refractivity contribution >= 4 is 34.4 Å². The molecule has 1 aromatic carbocycles. The number of rotatable bonds is 2. The van der Waals surface area contributed by atoms with Gasteiger partial charge in [0.15, 0.2) is 0 Å². The molecular weight excluding hydrogens is 328 g/mol. The van der Waals surface area contributed by atoms with Crippen LogP contribution in [-0.4, -0.2) is 33.4 Å². The first-order valence-corrected chi connectivity index (χ1v) is 8.62. The molecule has 0 radical (unpaired) electrons. The van der Waals surface area contributed by atoms with Crippen LogP contribution in [0.2, 0.25) is 5.02 Å². The van der Waals surface area contributed by atoms with Gasteiger partial charge in [0.05, 0.1) is 11.5 Å². The summed E-state index contributed by atoms with van der Waals surface area (Å²) < 4.78 is 0. The van der Waals surface area contributed by atoms with Gasteiger partial charge < -0.3 is 15.0 Å². The Morgan fingerprint density at radius 1 is 1.38 bits per heavy atom. The van der Waals surface area contributed by atoms with Gasteiger partial charge in [-0.05, 0) is 43.0 Å².